The summed E-state index contributed by atoms with van der Waals surface area (Å²) in [5, 5.41) is 0. The van der Waals surface area contributed by atoms with E-state index in [1.54, 1.807) is 6.07 Å². The number of hydrogen-bond donors (Lipinski definition) is 0. The zero-order chi connectivity index (χ0) is 14.5. The Balaban J connectivity index is 2.20. The number of hydrogen-bond acceptors (Lipinski definition) is 5. The second kappa shape index (κ2) is 6.10. The molecule has 2 rings (SSSR count). The van der Waals surface area contributed by atoms with Crippen LogP contribution in [0.15, 0.2) is 30.3 Å². The van der Waals surface area contributed by atoms with E-state index in [4.69, 9.17) is 9.47 Å². The van der Waals surface area contributed by atoms with E-state index >= 15 is 0 Å². The lowest BCUT2D eigenvalue weighted by molar-refractivity contribution is 0.0991. The van der Waals surface area contributed by atoms with E-state index < -0.39 is 0 Å². The van der Waals surface area contributed by atoms with Gasteiger partial charge in [0, 0.05) is 11.6 Å². The van der Waals surface area contributed by atoms with Crippen molar-refractivity contribution in [3.63, 3.8) is 0 Å². The Kier molecular flexibility index (Phi) is 4.24. The van der Waals surface area contributed by atoms with Crippen LogP contribution < -0.4 is 9.47 Å². The highest BCUT2D eigenvalue weighted by Crippen LogP contribution is 2.15. The first-order valence-electron chi connectivity index (χ1n) is 5.87. The molecule has 0 radical (unpaired) electrons. The number of ketones is 1. The zero-order valence-corrected chi connectivity index (χ0v) is 11.1. The lowest BCUT2D eigenvalue weighted by atomic mass is 10.1. The minimum atomic E-state index is -0.382. The molecule has 1 aromatic heterocycles. The fourth-order valence-corrected chi connectivity index (χ4v) is 1.64. The Morgan fingerprint density at radius 2 is 1.85 bits per heavy atom. The molecule has 0 aliphatic carbocycles. The molecule has 0 N–H and O–H groups in total. The highest BCUT2D eigenvalue weighted by Gasteiger charge is 2.11. The van der Waals surface area contributed by atoms with Gasteiger partial charge in [0.1, 0.15) is 5.82 Å². The van der Waals surface area contributed by atoms with E-state index in [0.29, 0.717) is 17.1 Å². The molecule has 0 bridgehead atoms. The first-order valence-corrected chi connectivity index (χ1v) is 5.87. The highest BCUT2D eigenvalue weighted by molar-refractivity contribution is 5.97. The van der Waals surface area contributed by atoms with Gasteiger partial charge in [-0.3, -0.25) is 4.79 Å². The van der Waals surface area contributed by atoms with Gasteiger partial charge in [-0.05, 0) is 24.3 Å². The normalized spacial score (nSPS) is 10.2. The molecule has 5 nitrogen and oxygen atoms in total. The SMILES string of the molecule is COc1cc(CC(=O)c2ccc(F)cc2)nc(OC)n1. The maximum absolute atomic E-state index is 12.8. The molecule has 0 amide bonds. The second-order valence-corrected chi connectivity index (χ2v) is 4.00. The van der Waals surface area contributed by atoms with Crippen molar-refractivity contribution in [3.8, 4) is 11.9 Å². The smallest absolute Gasteiger partial charge is 0.319 e. The molecule has 0 spiro atoms. The van der Waals surface area contributed by atoms with Crippen molar-refractivity contribution in [3.05, 3.63) is 47.4 Å². The van der Waals surface area contributed by atoms with Crippen molar-refractivity contribution >= 4 is 5.78 Å². The van der Waals surface area contributed by atoms with Gasteiger partial charge in [-0.25, -0.2) is 4.39 Å². The van der Waals surface area contributed by atoms with Crippen LogP contribution in [0, 0.1) is 5.82 Å². The molecular formula is C14H13FN2O3. The van der Waals surface area contributed by atoms with Crippen molar-refractivity contribution in [2.24, 2.45) is 0 Å². The summed E-state index contributed by atoms with van der Waals surface area (Å²) in [5.41, 5.74) is 0.894. The van der Waals surface area contributed by atoms with Gasteiger partial charge in [0.15, 0.2) is 5.78 Å². The zero-order valence-electron chi connectivity index (χ0n) is 11.1. The predicted octanol–water partition coefficient (Wildman–Crippen LogP) is 2.06. The minimum Gasteiger partial charge on any atom is -0.481 e. The topological polar surface area (TPSA) is 61.3 Å². The Labute approximate surface area is 115 Å². The van der Waals surface area contributed by atoms with Crippen molar-refractivity contribution in [2.75, 3.05) is 14.2 Å². The first kappa shape index (κ1) is 13.9. The van der Waals surface area contributed by atoms with E-state index in [9.17, 15) is 9.18 Å². The van der Waals surface area contributed by atoms with Crippen LogP contribution in [-0.2, 0) is 6.42 Å². The highest BCUT2D eigenvalue weighted by atomic mass is 19.1. The number of benzene rings is 1. The van der Waals surface area contributed by atoms with Crippen LogP contribution in [0.1, 0.15) is 16.1 Å². The number of Topliss-reactive ketones (excluding diaryl/α,β-unsaturated/α-hetero) is 1. The quantitative estimate of drug-likeness (QED) is 0.782. The molecule has 0 atom stereocenters. The fourth-order valence-electron chi connectivity index (χ4n) is 1.64. The third-order valence-electron chi connectivity index (χ3n) is 2.63. The second-order valence-electron chi connectivity index (χ2n) is 4.00. The first-order chi connectivity index (χ1) is 9.62. The molecule has 0 saturated heterocycles. The number of rotatable bonds is 5. The van der Waals surface area contributed by atoms with E-state index in [1.807, 2.05) is 0 Å². The van der Waals surface area contributed by atoms with Crippen LogP contribution in [0.4, 0.5) is 4.39 Å². The van der Waals surface area contributed by atoms with Gasteiger partial charge in [0.2, 0.25) is 5.88 Å². The Bertz CT molecular complexity index is 592. The maximum atomic E-state index is 12.8. The number of carbonyl (C=O) groups is 1. The van der Waals surface area contributed by atoms with Crippen molar-refractivity contribution in [1.82, 2.24) is 9.97 Å². The van der Waals surface area contributed by atoms with Crippen LogP contribution in [-0.4, -0.2) is 30.0 Å². The molecule has 104 valence electrons. The minimum absolute atomic E-state index is 0.0564. The third kappa shape index (κ3) is 3.28. The Hall–Kier alpha value is -2.50. The maximum Gasteiger partial charge on any atom is 0.319 e. The number of nitrogens with zero attached hydrogens (tertiary/aromatic N) is 2. The Morgan fingerprint density at radius 3 is 2.45 bits per heavy atom. The lowest BCUT2D eigenvalue weighted by Gasteiger charge is -2.06. The van der Waals surface area contributed by atoms with Gasteiger partial charge in [0.05, 0.1) is 26.3 Å². The van der Waals surface area contributed by atoms with Crippen LogP contribution in [0.5, 0.6) is 11.9 Å². The Morgan fingerprint density at radius 1 is 1.15 bits per heavy atom. The summed E-state index contributed by atoms with van der Waals surface area (Å²) in [6.07, 6.45) is 0.0564. The van der Waals surface area contributed by atoms with E-state index in [-0.39, 0.29) is 24.0 Å². The van der Waals surface area contributed by atoms with Gasteiger partial charge >= 0.3 is 6.01 Å². The number of halogens is 1. The number of ether oxygens (including phenoxy) is 2. The monoisotopic (exact) mass is 276 g/mol. The molecule has 2 aromatic rings. The molecule has 0 unspecified atom stereocenters. The van der Waals surface area contributed by atoms with Crippen LogP contribution in [0.3, 0.4) is 0 Å². The van der Waals surface area contributed by atoms with Crippen molar-refractivity contribution < 1.29 is 18.7 Å². The van der Waals surface area contributed by atoms with Gasteiger partial charge in [-0.2, -0.15) is 9.97 Å². The summed E-state index contributed by atoms with van der Waals surface area (Å²) in [5.74, 6) is -0.238. The average molecular weight is 276 g/mol. The number of methoxy groups -OCH3 is 2. The molecule has 1 aromatic carbocycles. The molecule has 20 heavy (non-hydrogen) atoms. The summed E-state index contributed by atoms with van der Waals surface area (Å²) >= 11 is 0. The predicted molar refractivity (Wildman–Crippen MR) is 69.6 cm³/mol. The van der Waals surface area contributed by atoms with Gasteiger partial charge in [-0.1, -0.05) is 0 Å². The summed E-state index contributed by atoms with van der Waals surface area (Å²) in [4.78, 5) is 20.1. The summed E-state index contributed by atoms with van der Waals surface area (Å²) in [7, 11) is 2.90. The summed E-state index contributed by atoms with van der Waals surface area (Å²) in [6.45, 7) is 0. The van der Waals surface area contributed by atoms with Crippen molar-refractivity contribution in [2.45, 2.75) is 6.42 Å². The fraction of sp³-hybridized carbons (Fsp3) is 0.214. The summed E-state index contributed by atoms with van der Waals surface area (Å²) < 4.78 is 22.8. The standard InChI is InChI=1S/C14H13FN2O3/c1-19-13-8-11(16-14(17-13)20-2)7-12(18)9-3-5-10(15)6-4-9/h3-6,8H,7H2,1-2H3. The van der Waals surface area contributed by atoms with Crippen LogP contribution in [0.25, 0.3) is 0 Å². The molecule has 1 heterocycles. The number of aromatic nitrogens is 2. The van der Waals surface area contributed by atoms with Gasteiger partial charge in [0.25, 0.3) is 0 Å². The molecule has 0 saturated carbocycles. The molecule has 6 heteroatoms. The van der Waals surface area contributed by atoms with Crippen LogP contribution >= 0.6 is 0 Å². The third-order valence-corrected chi connectivity index (χ3v) is 2.63. The van der Waals surface area contributed by atoms with Gasteiger partial charge in [-0.15, -0.1) is 0 Å². The molecule has 0 aliphatic rings. The van der Waals surface area contributed by atoms with E-state index in [1.165, 1.54) is 38.5 Å². The largest absolute Gasteiger partial charge is 0.481 e. The average Bonchev–Trinajstić information content (AvgIpc) is 2.47. The van der Waals surface area contributed by atoms with E-state index in [2.05, 4.69) is 9.97 Å². The lowest BCUT2D eigenvalue weighted by Crippen LogP contribution is -2.07. The van der Waals surface area contributed by atoms with Gasteiger partial charge < -0.3 is 9.47 Å². The van der Waals surface area contributed by atoms with Crippen LogP contribution in [0.2, 0.25) is 0 Å². The molecule has 0 fully saturated rings. The molecular weight excluding hydrogens is 263 g/mol. The van der Waals surface area contributed by atoms with E-state index in [0.717, 1.165) is 0 Å². The number of carbonyl (C=O) groups excluding carboxylic acids is 1. The summed E-state index contributed by atoms with van der Waals surface area (Å²) in [6, 6.07) is 7.05. The molecule has 0 aliphatic heterocycles. The van der Waals surface area contributed by atoms with Crippen molar-refractivity contribution in [1.29, 1.82) is 0 Å².